The summed E-state index contributed by atoms with van der Waals surface area (Å²) < 4.78 is 17.3. The van der Waals surface area contributed by atoms with Gasteiger partial charge in [0, 0.05) is 27.2 Å². The highest BCUT2D eigenvalue weighted by Gasteiger charge is 2.18. The molecule has 0 spiro atoms. The van der Waals surface area contributed by atoms with E-state index in [1.807, 2.05) is 6.92 Å². The number of hydrogen-bond donors (Lipinski definition) is 2. The Morgan fingerprint density at radius 2 is 1.78 bits per heavy atom. The summed E-state index contributed by atoms with van der Waals surface area (Å²) in [4.78, 5) is 30.0. The molecule has 0 aliphatic carbocycles. The summed E-state index contributed by atoms with van der Waals surface area (Å²) in [5.41, 5.74) is 0.446. The Kier molecular flexibility index (Phi) is 5.41. The summed E-state index contributed by atoms with van der Waals surface area (Å²) >= 11 is 0. The number of benzene rings is 1. The molecule has 144 valence electrons. The zero-order valence-corrected chi connectivity index (χ0v) is 15.6. The number of rotatable bonds is 7. The van der Waals surface area contributed by atoms with Gasteiger partial charge < -0.3 is 15.2 Å². The molecule has 9 heteroatoms. The van der Waals surface area contributed by atoms with Crippen molar-refractivity contribution in [2.45, 2.75) is 13.5 Å². The maximum absolute atomic E-state index is 13.1. The molecule has 8 nitrogen and oxygen atoms in total. The molecular formula is C18H23FN6O2. The predicted molar refractivity (Wildman–Crippen MR) is 103 cm³/mol. The average molecular weight is 374 g/mol. The van der Waals surface area contributed by atoms with Crippen LogP contribution in [0.4, 0.5) is 10.3 Å². The smallest absolute Gasteiger partial charge is 0.332 e. The van der Waals surface area contributed by atoms with E-state index in [0.717, 1.165) is 17.7 Å². The molecule has 1 aromatic carbocycles. The lowest BCUT2D eigenvalue weighted by molar-refractivity contribution is 0.623. The van der Waals surface area contributed by atoms with Crippen molar-refractivity contribution >= 4 is 17.1 Å². The van der Waals surface area contributed by atoms with E-state index >= 15 is 0 Å². The SMILES string of the molecule is CCNCCNc1nc2c(c(=O)n(Cc3ccc(F)cc3)c(=O)n2C)n1C. The van der Waals surface area contributed by atoms with Gasteiger partial charge in [0.25, 0.3) is 5.56 Å². The fourth-order valence-corrected chi connectivity index (χ4v) is 2.95. The summed E-state index contributed by atoms with van der Waals surface area (Å²) in [6.07, 6.45) is 0. The Morgan fingerprint density at radius 3 is 2.44 bits per heavy atom. The monoisotopic (exact) mass is 374 g/mol. The van der Waals surface area contributed by atoms with E-state index in [2.05, 4.69) is 15.6 Å². The number of aryl methyl sites for hydroxylation is 2. The third kappa shape index (κ3) is 3.63. The zero-order chi connectivity index (χ0) is 19.6. The lowest BCUT2D eigenvalue weighted by atomic mass is 10.2. The van der Waals surface area contributed by atoms with Gasteiger partial charge in [-0.2, -0.15) is 4.98 Å². The Bertz CT molecular complexity index is 1060. The van der Waals surface area contributed by atoms with Crippen LogP contribution in [0, 0.1) is 5.82 Å². The molecule has 2 aromatic heterocycles. The van der Waals surface area contributed by atoms with Crippen molar-refractivity contribution in [1.29, 1.82) is 0 Å². The number of aromatic nitrogens is 4. The van der Waals surface area contributed by atoms with Gasteiger partial charge in [-0.1, -0.05) is 19.1 Å². The number of nitrogens with zero attached hydrogens (tertiary/aromatic N) is 4. The van der Waals surface area contributed by atoms with E-state index in [0.29, 0.717) is 29.2 Å². The van der Waals surface area contributed by atoms with Crippen molar-refractivity contribution in [3.63, 3.8) is 0 Å². The van der Waals surface area contributed by atoms with Crippen LogP contribution in [-0.4, -0.2) is 38.3 Å². The van der Waals surface area contributed by atoms with Crippen LogP contribution in [0.1, 0.15) is 12.5 Å². The van der Waals surface area contributed by atoms with Crippen LogP contribution in [0.3, 0.4) is 0 Å². The second-order valence-corrected chi connectivity index (χ2v) is 6.31. The van der Waals surface area contributed by atoms with Crippen LogP contribution in [0.5, 0.6) is 0 Å². The van der Waals surface area contributed by atoms with E-state index < -0.39 is 11.2 Å². The van der Waals surface area contributed by atoms with Crippen LogP contribution in [0.15, 0.2) is 33.9 Å². The zero-order valence-electron chi connectivity index (χ0n) is 15.6. The number of likely N-dealkylation sites (N-methyl/N-ethyl adjacent to an activating group) is 1. The van der Waals surface area contributed by atoms with Gasteiger partial charge in [-0.15, -0.1) is 0 Å². The van der Waals surface area contributed by atoms with Crippen molar-refractivity contribution in [2.75, 3.05) is 25.0 Å². The molecule has 0 unspecified atom stereocenters. The summed E-state index contributed by atoms with van der Waals surface area (Å²) in [6.45, 7) is 4.35. The molecular weight excluding hydrogens is 351 g/mol. The topological polar surface area (TPSA) is 85.9 Å². The molecule has 0 atom stereocenters. The van der Waals surface area contributed by atoms with Crippen molar-refractivity contribution < 1.29 is 4.39 Å². The molecule has 0 amide bonds. The maximum atomic E-state index is 13.1. The lowest BCUT2D eigenvalue weighted by Gasteiger charge is -2.09. The van der Waals surface area contributed by atoms with Gasteiger partial charge in [-0.25, -0.2) is 9.18 Å². The standard InChI is InChI=1S/C18H23FN6O2/c1-4-20-9-10-21-17-22-15-14(23(17)2)16(26)25(18(27)24(15)3)11-12-5-7-13(19)8-6-12/h5-8,20H,4,9-11H2,1-3H3,(H,21,22). The number of fused-ring (bicyclic) bond motifs is 1. The molecule has 0 aliphatic heterocycles. The first-order valence-corrected chi connectivity index (χ1v) is 8.79. The van der Waals surface area contributed by atoms with Crippen molar-refractivity contribution in [3.05, 3.63) is 56.5 Å². The molecule has 0 fully saturated rings. The number of hydrogen-bond acceptors (Lipinski definition) is 5. The van der Waals surface area contributed by atoms with Crippen LogP contribution >= 0.6 is 0 Å². The minimum Gasteiger partial charge on any atom is -0.354 e. The summed E-state index contributed by atoms with van der Waals surface area (Å²) in [7, 11) is 3.32. The average Bonchev–Trinajstić information content (AvgIpc) is 2.99. The lowest BCUT2D eigenvalue weighted by Crippen LogP contribution is -2.39. The third-order valence-corrected chi connectivity index (χ3v) is 4.45. The number of nitrogens with one attached hydrogen (secondary N) is 2. The van der Waals surface area contributed by atoms with Gasteiger partial charge >= 0.3 is 5.69 Å². The molecule has 2 N–H and O–H groups in total. The van der Waals surface area contributed by atoms with Crippen molar-refractivity contribution in [3.8, 4) is 0 Å². The number of halogens is 1. The molecule has 0 radical (unpaired) electrons. The highest BCUT2D eigenvalue weighted by atomic mass is 19.1. The summed E-state index contributed by atoms with van der Waals surface area (Å²) in [6, 6.07) is 5.73. The fourth-order valence-electron chi connectivity index (χ4n) is 2.95. The normalized spacial score (nSPS) is 11.3. The molecule has 2 heterocycles. The molecule has 3 aromatic rings. The van der Waals surface area contributed by atoms with Crippen molar-refractivity contribution in [2.24, 2.45) is 14.1 Å². The van der Waals surface area contributed by atoms with Gasteiger partial charge in [-0.05, 0) is 24.2 Å². The first kappa shape index (κ1) is 18.8. The van der Waals surface area contributed by atoms with Crippen LogP contribution in [0.2, 0.25) is 0 Å². The minimum atomic E-state index is -0.464. The van der Waals surface area contributed by atoms with E-state index in [1.165, 1.54) is 16.7 Å². The van der Waals surface area contributed by atoms with Gasteiger partial charge in [0.2, 0.25) is 5.95 Å². The first-order chi connectivity index (χ1) is 12.9. The molecule has 0 saturated heterocycles. The van der Waals surface area contributed by atoms with Gasteiger partial charge in [0.1, 0.15) is 5.82 Å². The molecule has 0 saturated carbocycles. The minimum absolute atomic E-state index is 0.0656. The quantitative estimate of drug-likeness (QED) is 0.593. The summed E-state index contributed by atoms with van der Waals surface area (Å²) in [5, 5.41) is 6.37. The number of anilines is 1. The Balaban J connectivity index is 2.03. The van der Waals surface area contributed by atoms with Crippen LogP contribution in [-0.2, 0) is 20.6 Å². The van der Waals surface area contributed by atoms with E-state index in [1.54, 1.807) is 30.8 Å². The van der Waals surface area contributed by atoms with Crippen LogP contribution in [0.25, 0.3) is 11.2 Å². The largest absolute Gasteiger partial charge is 0.354 e. The van der Waals surface area contributed by atoms with E-state index in [9.17, 15) is 14.0 Å². The number of imidazole rings is 1. The van der Waals surface area contributed by atoms with Gasteiger partial charge in [-0.3, -0.25) is 13.9 Å². The highest BCUT2D eigenvalue weighted by Crippen LogP contribution is 2.13. The Morgan fingerprint density at radius 1 is 1.07 bits per heavy atom. The van der Waals surface area contributed by atoms with Gasteiger partial charge in [0.15, 0.2) is 11.2 Å². The molecule has 0 aliphatic rings. The molecule has 0 bridgehead atoms. The van der Waals surface area contributed by atoms with Gasteiger partial charge in [0.05, 0.1) is 6.54 Å². The highest BCUT2D eigenvalue weighted by molar-refractivity contribution is 5.74. The molecule has 3 rings (SSSR count). The first-order valence-electron chi connectivity index (χ1n) is 8.79. The van der Waals surface area contributed by atoms with Crippen LogP contribution < -0.4 is 21.9 Å². The van der Waals surface area contributed by atoms with E-state index in [4.69, 9.17) is 0 Å². The van der Waals surface area contributed by atoms with E-state index in [-0.39, 0.29) is 12.4 Å². The maximum Gasteiger partial charge on any atom is 0.332 e. The molecule has 27 heavy (non-hydrogen) atoms. The third-order valence-electron chi connectivity index (χ3n) is 4.45. The predicted octanol–water partition coefficient (Wildman–Crippen LogP) is 0.642. The summed E-state index contributed by atoms with van der Waals surface area (Å²) in [5.74, 6) is 0.156. The Hall–Kier alpha value is -2.94. The second kappa shape index (κ2) is 7.75. The fraction of sp³-hybridized carbons (Fsp3) is 0.389. The second-order valence-electron chi connectivity index (χ2n) is 6.31. The Labute approximate surface area is 155 Å². The van der Waals surface area contributed by atoms with Crippen molar-refractivity contribution in [1.82, 2.24) is 24.0 Å².